The summed E-state index contributed by atoms with van der Waals surface area (Å²) in [7, 11) is 0. The molecule has 1 aromatic heterocycles. The van der Waals surface area contributed by atoms with Gasteiger partial charge in [0.25, 0.3) is 0 Å². The summed E-state index contributed by atoms with van der Waals surface area (Å²) >= 11 is 0. The van der Waals surface area contributed by atoms with Crippen molar-refractivity contribution in [3.05, 3.63) is 53.1 Å². The van der Waals surface area contributed by atoms with Crippen LogP contribution in [0.1, 0.15) is 60.4 Å². The molecule has 2 rings (SSSR count). The number of hydrogen-bond donors (Lipinski definition) is 2. The fraction of sp³-hybridized carbons (Fsp3) is 0.444. The van der Waals surface area contributed by atoms with Gasteiger partial charge in [0.1, 0.15) is 0 Å². The second-order valence-corrected chi connectivity index (χ2v) is 5.91. The Morgan fingerprint density at radius 3 is 2.77 bits per heavy atom. The van der Waals surface area contributed by atoms with Crippen molar-refractivity contribution >= 4 is 5.91 Å². The Hall–Kier alpha value is -2.10. The Kier molecular flexibility index (Phi) is 5.75. The van der Waals surface area contributed by atoms with Crippen LogP contribution in [0.2, 0.25) is 0 Å². The van der Waals surface area contributed by atoms with Crippen LogP contribution in [-0.2, 0) is 4.79 Å². The van der Waals surface area contributed by atoms with Crippen molar-refractivity contribution < 1.29 is 4.79 Å². The van der Waals surface area contributed by atoms with Crippen LogP contribution in [-0.4, -0.2) is 15.9 Å². The number of hydrogen-bond acceptors (Lipinski definition) is 2. The van der Waals surface area contributed by atoms with Crippen LogP contribution in [0.4, 0.5) is 0 Å². The largest absolute Gasteiger partial charge is 0.370 e. The first kappa shape index (κ1) is 16.3. The summed E-state index contributed by atoms with van der Waals surface area (Å²) in [5.74, 6) is 0.121. The zero-order valence-corrected chi connectivity index (χ0v) is 13.4. The number of nitrogens with two attached hydrogens (primary N) is 1. The smallest absolute Gasteiger partial charge is 0.217 e. The van der Waals surface area contributed by atoms with Crippen LogP contribution < -0.4 is 5.73 Å². The highest BCUT2D eigenvalue weighted by molar-refractivity contribution is 5.73. The molecular weight excluding hydrogens is 274 g/mol. The molecule has 0 radical (unpaired) electrons. The van der Waals surface area contributed by atoms with Crippen LogP contribution in [0.15, 0.2) is 30.7 Å². The van der Waals surface area contributed by atoms with E-state index in [4.69, 9.17) is 5.73 Å². The Morgan fingerprint density at radius 2 is 2.09 bits per heavy atom. The topological polar surface area (TPSA) is 71.8 Å². The minimum absolute atomic E-state index is 0.209. The molecule has 1 heterocycles. The number of H-pyrrole nitrogens is 1. The number of benzene rings is 1. The number of primary amides is 1. The van der Waals surface area contributed by atoms with Gasteiger partial charge in [-0.15, -0.1) is 0 Å². The average Bonchev–Trinajstić information content (AvgIpc) is 3.00. The van der Waals surface area contributed by atoms with Crippen molar-refractivity contribution in [1.29, 1.82) is 0 Å². The highest BCUT2D eigenvalue weighted by atomic mass is 16.1. The van der Waals surface area contributed by atoms with Crippen LogP contribution in [0, 0.1) is 13.8 Å². The van der Waals surface area contributed by atoms with E-state index in [-0.39, 0.29) is 5.91 Å². The number of carbonyl (C=O) groups is 1. The van der Waals surface area contributed by atoms with Gasteiger partial charge in [-0.1, -0.05) is 31.0 Å². The molecule has 0 saturated heterocycles. The SMILES string of the molecule is Cc1cccc(C(CCCCCC(N)=O)c2cnc[nH]2)c1C. The number of imidazole rings is 1. The number of aromatic nitrogens is 2. The average molecular weight is 299 g/mol. The first-order valence-electron chi connectivity index (χ1n) is 7.92. The standard InChI is InChI=1S/C18H25N3O/c1-13-7-6-9-15(14(13)2)16(17-11-20-12-21-17)8-4-3-5-10-18(19)22/h6-7,9,11-12,16H,3-5,8,10H2,1-2H3,(H2,19,22)(H,20,21). The molecule has 1 unspecified atom stereocenters. The quantitative estimate of drug-likeness (QED) is 0.731. The zero-order chi connectivity index (χ0) is 15.9. The van der Waals surface area contributed by atoms with Gasteiger partial charge in [0.15, 0.2) is 0 Å². The summed E-state index contributed by atoms with van der Waals surface area (Å²) < 4.78 is 0. The summed E-state index contributed by atoms with van der Waals surface area (Å²) in [6, 6.07) is 6.47. The van der Waals surface area contributed by atoms with E-state index in [1.165, 1.54) is 16.7 Å². The first-order valence-corrected chi connectivity index (χ1v) is 7.92. The molecule has 22 heavy (non-hydrogen) atoms. The Balaban J connectivity index is 2.08. The monoisotopic (exact) mass is 299 g/mol. The fourth-order valence-electron chi connectivity index (χ4n) is 2.91. The summed E-state index contributed by atoms with van der Waals surface area (Å²) in [6.45, 7) is 4.33. The number of nitrogens with zero attached hydrogens (tertiary/aromatic N) is 1. The molecular formula is C18H25N3O. The summed E-state index contributed by atoms with van der Waals surface area (Å²) in [6.07, 6.45) is 8.15. The number of aromatic amines is 1. The second-order valence-electron chi connectivity index (χ2n) is 5.91. The Bertz CT molecular complexity index is 605. The van der Waals surface area contributed by atoms with Gasteiger partial charge in [-0.2, -0.15) is 0 Å². The Labute approximate surface area is 132 Å². The molecule has 0 aliphatic heterocycles. The maximum absolute atomic E-state index is 10.8. The van der Waals surface area contributed by atoms with E-state index in [0.717, 1.165) is 31.4 Å². The molecule has 1 aromatic carbocycles. The lowest BCUT2D eigenvalue weighted by molar-refractivity contribution is -0.118. The van der Waals surface area contributed by atoms with E-state index < -0.39 is 0 Å². The van der Waals surface area contributed by atoms with Gasteiger partial charge in [-0.25, -0.2) is 4.98 Å². The molecule has 0 aliphatic carbocycles. The molecule has 2 aromatic rings. The highest BCUT2D eigenvalue weighted by Crippen LogP contribution is 2.31. The number of nitrogens with one attached hydrogen (secondary N) is 1. The van der Waals surface area contributed by atoms with Crippen molar-refractivity contribution in [1.82, 2.24) is 9.97 Å². The molecule has 0 aliphatic rings. The van der Waals surface area contributed by atoms with E-state index in [0.29, 0.717) is 12.3 Å². The zero-order valence-electron chi connectivity index (χ0n) is 13.4. The first-order chi connectivity index (χ1) is 10.6. The van der Waals surface area contributed by atoms with E-state index in [9.17, 15) is 4.79 Å². The molecule has 4 heteroatoms. The van der Waals surface area contributed by atoms with Gasteiger partial charge in [0, 0.05) is 24.2 Å². The maximum Gasteiger partial charge on any atom is 0.217 e. The molecule has 0 saturated carbocycles. The number of unbranched alkanes of at least 4 members (excludes halogenated alkanes) is 2. The number of aryl methyl sites for hydroxylation is 1. The van der Waals surface area contributed by atoms with Crippen molar-refractivity contribution in [3.63, 3.8) is 0 Å². The van der Waals surface area contributed by atoms with Crippen LogP contribution in [0.3, 0.4) is 0 Å². The molecule has 3 N–H and O–H groups in total. The van der Waals surface area contributed by atoms with Crippen molar-refractivity contribution in [3.8, 4) is 0 Å². The predicted octanol–water partition coefficient (Wildman–Crippen LogP) is 3.59. The van der Waals surface area contributed by atoms with Crippen LogP contribution in [0.5, 0.6) is 0 Å². The normalized spacial score (nSPS) is 12.3. The minimum Gasteiger partial charge on any atom is -0.370 e. The summed E-state index contributed by atoms with van der Waals surface area (Å²) in [5, 5.41) is 0. The third kappa shape index (κ3) is 4.20. The number of carbonyl (C=O) groups excluding carboxylic acids is 1. The lowest BCUT2D eigenvalue weighted by Gasteiger charge is -2.19. The third-order valence-corrected chi connectivity index (χ3v) is 4.33. The van der Waals surface area contributed by atoms with Gasteiger partial charge in [-0.05, 0) is 43.4 Å². The fourth-order valence-corrected chi connectivity index (χ4v) is 2.91. The van der Waals surface area contributed by atoms with E-state index in [1.54, 1.807) is 6.33 Å². The third-order valence-electron chi connectivity index (χ3n) is 4.33. The molecule has 118 valence electrons. The van der Waals surface area contributed by atoms with E-state index in [2.05, 4.69) is 42.0 Å². The van der Waals surface area contributed by atoms with Crippen LogP contribution >= 0.6 is 0 Å². The number of amides is 1. The molecule has 1 atom stereocenters. The minimum atomic E-state index is -0.209. The molecule has 4 nitrogen and oxygen atoms in total. The summed E-state index contributed by atoms with van der Waals surface area (Å²) in [4.78, 5) is 18.2. The van der Waals surface area contributed by atoms with Gasteiger partial charge in [0.2, 0.25) is 5.91 Å². The lowest BCUT2D eigenvalue weighted by Crippen LogP contribution is -2.09. The van der Waals surface area contributed by atoms with Gasteiger partial charge in [0.05, 0.1) is 6.33 Å². The predicted molar refractivity (Wildman–Crippen MR) is 88.6 cm³/mol. The molecule has 0 bridgehead atoms. The van der Waals surface area contributed by atoms with Crippen molar-refractivity contribution in [2.75, 3.05) is 0 Å². The summed E-state index contributed by atoms with van der Waals surface area (Å²) in [5.41, 5.74) is 10.4. The molecule has 0 fully saturated rings. The van der Waals surface area contributed by atoms with Crippen molar-refractivity contribution in [2.45, 2.75) is 51.9 Å². The van der Waals surface area contributed by atoms with E-state index in [1.807, 2.05) is 6.20 Å². The van der Waals surface area contributed by atoms with Crippen molar-refractivity contribution in [2.24, 2.45) is 5.73 Å². The van der Waals surface area contributed by atoms with E-state index >= 15 is 0 Å². The van der Waals surface area contributed by atoms with Gasteiger partial charge < -0.3 is 10.7 Å². The van der Waals surface area contributed by atoms with Crippen LogP contribution in [0.25, 0.3) is 0 Å². The lowest BCUT2D eigenvalue weighted by atomic mass is 9.86. The highest BCUT2D eigenvalue weighted by Gasteiger charge is 2.17. The Morgan fingerprint density at radius 1 is 1.27 bits per heavy atom. The van der Waals surface area contributed by atoms with Gasteiger partial charge >= 0.3 is 0 Å². The second kappa shape index (κ2) is 7.78. The van der Waals surface area contributed by atoms with Gasteiger partial charge in [-0.3, -0.25) is 4.79 Å². The molecule has 0 spiro atoms. The molecule has 1 amide bonds. The maximum atomic E-state index is 10.8. The number of rotatable bonds is 8.